The number of benzene rings is 3. The molecule has 2 amide bonds. The molecule has 0 aromatic heterocycles. The van der Waals surface area contributed by atoms with Crippen LogP contribution in [-0.2, 0) is 16.1 Å². The van der Waals surface area contributed by atoms with E-state index >= 15 is 0 Å². The van der Waals surface area contributed by atoms with Crippen LogP contribution in [0.4, 0.5) is 0 Å². The number of fused-ring (bicyclic) bond motifs is 1. The highest BCUT2D eigenvalue weighted by atomic mass is 35.5. The Kier molecular flexibility index (Phi) is 6.73. The van der Waals surface area contributed by atoms with Crippen LogP contribution < -0.4 is 10.1 Å². The molecule has 0 radical (unpaired) electrons. The number of halogens is 1. The zero-order valence-corrected chi connectivity index (χ0v) is 17.1. The Balaban J connectivity index is 1.80. The van der Waals surface area contributed by atoms with Crippen LogP contribution in [-0.4, -0.2) is 36.4 Å². The van der Waals surface area contributed by atoms with Gasteiger partial charge in [0, 0.05) is 24.0 Å². The molecule has 0 saturated carbocycles. The van der Waals surface area contributed by atoms with Crippen molar-refractivity contribution in [1.29, 1.82) is 0 Å². The summed E-state index contributed by atoms with van der Waals surface area (Å²) in [6.45, 7) is 1.72. The van der Waals surface area contributed by atoms with E-state index in [4.69, 9.17) is 16.3 Å². The summed E-state index contributed by atoms with van der Waals surface area (Å²) in [6.07, 6.45) is 0. The maximum absolute atomic E-state index is 13.0. The summed E-state index contributed by atoms with van der Waals surface area (Å²) >= 11 is 6.26. The molecule has 0 aliphatic heterocycles. The average molecular weight is 411 g/mol. The molecule has 1 atom stereocenters. The number of amides is 2. The van der Waals surface area contributed by atoms with Gasteiger partial charge in [-0.05, 0) is 30.0 Å². The van der Waals surface area contributed by atoms with Crippen LogP contribution in [0, 0.1) is 0 Å². The van der Waals surface area contributed by atoms with Gasteiger partial charge in [-0.1, -0.05) is 66.2 Å². The Labute approximate surface area is 175 Å². The van der Waals surface area contributed by atoms with E-state index in [-0.39, 0.29) is 25.0 Å². The monoisotopic (exact) mass is 410 g/mol. The van der Waals surface area contributed by atoms with Crippen LogP contribution >= 0.6 is 11.6 Å². The van der Waals surface area contributed by atoms with Gasteiger partial charge in [-0.25, -0.2) is 0 Å². The standard InChI is InChI=1S/C23H23ClN2O3/c1-16(23(28)25-2)26(14-18-9-4-6-12-20(18)24)22(27)15-29-21-13-7-10-17-8-3-5-11-19(17)21/h3-13,16H,14-15H2,1-2H3,(H,25,28)/t16-/m0/s1. The molecule has 29 heavy (non-hydrogen) atoms. The fraction of sp³-hybridized carbons (Fsp3) is 0.217. The number of hydrogen-bond acceptors (Lipinski definition) is 3. The Morgan fingerprint density at radius 1 is 1.03 bits per heavy atom. The van der Waals surface area contributed by atoms with Crippen LogP contribution in [0.1, 0.15) is 12.5 Å². The van der Waals surface area contributed by atoms with Crippen molar-refractivity contribution in [2.24, 2.45) is 0 Å². The molecule has 3 aromatic rings. The highest BCUT2D eigenvalue weighted by molar-refractivity contribution is 6.31. The second kappa shape index (κ2) is 9.43. The van der Waals surface area contributed by atoms with Gasteiger partial charge in [0.25, 0.3) is 5.91 Å². The fourth-order valence-corrected chi connectivity index (χ4v) is 3.34. The van der Waals surface area contributed by atoms with Crippen molar-refractivity contribution in [2.75, 3.05) is 13.7 Å². The number of hydrogen-bond donors (Lipinski definition) is 1. The first-order chi connectivity index (χ1) is 14.0. The first-order valence-corrected chi connectivity index (χ1v) is 9.74. The van der Waals surface area contributed by atoms with Gasteiger partial charge < -0.3 is 15.0 Å². The lowest BCUT2D eigenvalue weighted by molar-refractivity contribution is -0.142. The van der Waals surface area contributed by atoms with Crippen LogP contribution in [0.15, 0.2) is 66.7 Å². The average Bonchev–Trinajstić information content (AvgIpc) is 2.75. The van der Waals surface area contributed by atoms with Gasteiger partial charge in [0.2, 0.25) is 5.91 Å². The molecule has 0 aliphatic carbocycles. The molecule has 0 bridgehead atoms. The van der Waals surface area contributed by atoms with Gasteiger partial charge in [-0.3, -0.25) is 9.59 Å². The van der Waals surface area contributed by atoms with E-state index in [1.54, 1.807) is 20.0 Å². The van der Waals surface area contributed by atoms with Gasteiger partial charge in [0.15, 0.2) is 6.61 Å². The third-order valence-electron chi connectivity index (χ3n) is 4.81. The second-order valence-corrected chi connectivity index (χ2v) is 7.08. The number of likely N-dealkylation sites (N-methyl/N-ethyl adjacent to an activating group) is 1. The molecule has 0 spiro atoms. The van der Waals surface area contributed by atoms with E-state index in [9.17, 15) is 9.59 Å². The van der Waals surface area contributed by atoms with Gasteiger partial charge in [-0.2, -0.15) is 0 Å². The molecule has 5 nitrogen and oxygen atoms in total. The van der Waals surface area contributed by atoms with E-state index in [0.29, 0.717) is 10.8 Å². The summed E-state index contributed by atoms with van der Waals surface area (Å²) in [5, 5.41) is 5.10. The van der Waals surface area contributed by atoms with E-state index < -0.39 is 6.04 Å². The normalized spacial score (nSPS) is 11.7. The zero-order valence-electron chi connectivity index (χ0n) is 16.4. The molecule has 0 unspecified atom stereocenters. The van der Waals surface area contributed by atoms with Gasteiger partial charge in [0.05, 0.1) is 0 Å². The SMILES string of the molecule is CNC(=O)[C@H](C)N(Cc1ccccc1Cl)C(=O)COc1cccc2ccccc12. The highest BCUT2D eigenvalue weighted by Gasteiger charge is 2.26. The lowest BCUT2D eigenvalue weighted by Crippen LogP contribution is -2.48. The Morgan fingerprint density at radius 2 is 1.72 bits per heavy atom. The third-order valence-corrected chi connectivity index (χ3v) is 5.18. The van der Waals surface area contributed by atoms with Crippen LogP contribution in [0.25, 0.3) is 10.8 Å². The fourth-order valence-electron chi connectivity index (χ4n) is 3.15. The summed E-state index contributed by atoms with van der Waals surface area (Å²) < 4.78 is 5.84. The molecule has 3 aromatic carbocycles. The Bertz CT molecular complexity index is 1020. The quantitative estimate of drug-likeness (QED) is 0.639. The molecule has 6 heteroatoms. The van der Waals surface area contributed by atoms with Crippen LogP contribution in [0.3, 0.4) is 0 Å². The summed E-state index contributed by atoms with van der Waals surface area (Å²) in [7, 11) is 1.55. The maximum atomic E-state index is 13.0. The maximum Gasteiger partial charge on any atom is 0.261 e. The van der Waals surface area contributed by atoms with E-state index in [1.165, 1.54) is 4.90 Å². The van der Waals surface area contributed by atoms with Crippen molar-refractivity contribution in [3.8, 4) is 5.75 Å². The first kappa shape index (κ1) is 20.7. The molecule has 0 aliphatic rings. The lowest BCUT2D eigenvalue weighted by atomic mass is 10.1. The van der Waals surface area contributed by atoms with Crippen molar-refractivity contribution < 1.29 is 14.3 Å². The minimum absolute atomic E-state index is 0.181. The molecular formula is C23H23ClN2O3. The smallest absolute Gasteiger partial charge is 0.261 e. The molecule has 1 N–H and O–H groups in total. The topological polar surface area (TPSA) is 58.6 Å². The van der Waals surface area contributed by atoms with E-state index in [0.717, 1.165) is 16.3 Å². The number of carbonyl (C=O) groups is 2. The number of carbonyl (C=O) groups excluding carboxylic acids is 2. The van der Waals surface area contributed by atoms with Crippen LogP contribution in [0.2, 0.25) is 5.02 Å². The summed E-state index contributed by atoms with van der Waals surface area (Å²) in [5.41, 5.74) is 0.767. The van der Waals surface area contributed by atoms with Crippen molar-refractivity contribution in [2.45, 2.75) is 19.5 Å². The van der Waals surface area contributed by atoms with Crippen LogP contribution in [0.5, 0.6) is 5.75 Å². The minimum Gasteiger partial charge on any atom is -0.483 e. The van der Waals surface area contributed by atoms with Gasteiger partial charge >= 0.3 is 0 Å². The molecular weight excluding hydrogens is 388 g/mol. The summed E-state index contributed by atoms with van der Waals surface area (Å²) in [6, 6.07) is 20.1. The third kappa shape index (κ3) is 4.87. The van der Waals surface area contributed by atoms with E-state index in [2.05, 4.69) is 5.32 Å². The predicted molar refractivity (Wildman–Crippen MR) is 115 cm³/mol. The first-order valence-electron chi connectivity index (χ1n) is 9.36. The number of nitrogens with one attached hydrogen (secondary N) is 1. The molecule has 0 fully saturated rings. The summed E-state index contributed by atoms with van der Waals surface area (Å²) in [4.78, 5) is 26.7. The minimum atomic E-state index is -0.667. The van der Waals surface area contributed by atoms with Crippen molar-refractivity contribution in [3.63, 3.8) is 0 Å². The predicted octanol–water partition coefficient (Wildman–Crippen LogP) is 4.04. The number of ether oxygens (including phenoxy) is 1. The number of rotatable bonds is 7. The summed E-state index contributed by atoms with van der Waals surface area (Å²) in [5.74, 6) is 0.0752. The Hall–Kier alpha value is -3.05. The molecule has 150 valence electrons. The largest absolute Gasteiger partial charge is 0.483 e. The zero-order chi connectivity index (χ0) is 20.8. The lowest BCUT2D eigenvalue weighted by Gasteiger charge is -2.28. The van der Waals surface area contributed by atoms with Gasteiger partial charge in [0.1, 0.15) is 11.8 Å². The molecule has 3 rings (SSSR count). The number of nitrogens with zero attached hydrogens (tertiary/aromatic N) is 1. The van der Waals surface area contributed by atoms with E-state index in [1.807, 2.05) is 60.7 Å². The van der Waals surface area contributed by atoms with Crippen molar-refractivity contribution in [1.82, 2.24) is 10.2 Å². The highest BCUT2D eigenvalue weighted by Crippen LogP contribution is 2.25. The van der Waals surface area contributed by atoms with Gasteiger partial charge in [-0.15, -0.1) is 0 Å². The molecule has 0 heterocycles. The molecule has 0 saturated heterocycles. The van der Waals surface area contributed by atoms with Crippen molar-refractivity contribution in [3.05, 3.63) is 77.3 Å². The van der Waals surface area contributed by atoms with Crippen molar-refractivity contribution >= 4 is 34.2 Å². The second-order valence-electron chi connectivity index (χ2n) is 6.67. The Morgan fingerprint density at radius 3 is 2.48 bits per heavy atom.